The van der Waals surface area contributed by atoms with E-state index in [-0.39, 0.29) is 0 Å². The Morgan fingerprint density at radius 3 is 3.06 bits per heavy atom. The van der Waals surface area contributed by atoms with Gasteiger partial charge in [0, 0.05) is 12.7 Å². The molecule has 1 fully saturated rings. The van der Waals surface area contributed by atoms with Crippen LogP contribution in [0.15, 0.2) is 6.20 Å². The summed E-state index contributed by atoms with van der Waals surface area (Å²) in [7, 11) is 0. The normalized spacial score (nSPS) is 24.8. The smallest absolute Gasteiger partial charge is 0.182 e. The SMILES string of the molecule is CCNc1ncc(COC2CCCCC2C)s1. The molecule has 1 heterocycles. The summed E-state index contributed by atoms with van der Waals surface area (Å²) < 4.78 is 6.02. The summed E-state index contributed by atoms with van der Waals surface area (Å²) in [5.41, 5.74) is 0. The third kappa shape index (κ3) is 3.68. The van der Waals surface area contributed by atoms with Crippen molar-refractivity contribution in [3.05, 3.63) is 11.1 Å². The molecular weight excluding hydrogens is 232 g/mol. The van der Waals surface area contributed by atoms with Gasteiger partial charge in [0.25, 0.3) is 0 Å². The summed E-state index contributed by atoms with van der Waals surface area (Å²) in [5, 5.41) is 4.23. The lowest BCUT2D eigenvalue weighted by molar-refractivity contribution is -0.0143. The second-order valence-corrected chi connectivity index (χ2v) is 5.89. The van der Waals surface area contributed by atoms with E-state index in [0.717, 1.165) is 18.3 Å². The van der Waals surface area contributed by atoms with Gasteiger partial charge in [0.1, 0.15) is 0 Å². The average molecular weight is 254 g/mol. The maximum absolute atomic E-state index is 6.02. The maximum Gasteiger partial charge on any atom is 0.182 e. The molecule has 2 rings (SSSR count). The number of rotatable bonds is 5. The molecule has 1 aliphatic rings. The highest BCUT2D eigenvalue weighted by Crippen LogP contribution is 2.28. The van der Waals surface area contributed by atoms with Crippen LogP contribution in [0.25, 0.3) is 0 Å². The van der Waals surface area contributed by atoms with Crippen LogP contribution in [0.2, 0.25) is 0 Å². The van der Waals surface area contributed by atoms with Gasteiger partial charge in [-0.3, -0.25) is 0 Å². The lowest BCUT2D eigenvalue weighted by atomic mass is 9.88. The van der Waals surface area contributed by atoms with Gasteiger partial charge in [0.15, 0.2) is 5.13 Å². The summed E-state index contributed by atoms with van der Waals surface area (Å²) in [6.45, 7) is 6.04. The Bertz CT molecular complexity index is 340. The number of hydrogen-bond acceptors (Lipinski definition) is 4. The quantitative estimate of drug-likeness (QED) is 0.870. The van der Waals surface area contributed by atoms with Gasteiger partial charge in [0.2, 0.25) is 0 Å². The molecule has 1 aliphatic carbocycles. The molecule has 2 unspecified atom stereocenters. The van der Waals surface area contributed by atoms with Crippen LogP contribution in [0.1, 0.15) is 44.4 Å². The molecule has 0 radical (unpaired) electrons. The summed E-state index contributed by atoms with van der Waals surface area (Å²) in [5.74, 6) is 0.713. The average Bonchev–Trinajstić information content (AvgIpc) is 2.76. The van der Waals surface area contributed by atoms with Crippen molar-refractivity contribution in [2.75, 3.05) is 11.9 Å². The number of nitrogens with zero attached hydrogens (tertiary/aromatic N) is 1. The monoisotopic (exact) mass is 254 g/mol. The molecule has 1 aromatic rings. The number of nitrogens with one attached hydrogen (secondary N) is 1. The summed E-state index contributed by atoms with van der Waals surface area (Å²) in [4.78, 5) is 5.54. The third-order valence-corrected chi connectivity index (χ3v) is 4.28. The van der Waals surface area contributed by atoms with Crippen LogP contribution in [0.3, 0.4) is 0 Å². The number of aromatic nitrogens is 1. The van der Waals surface area contributed by atoms with Gasteiger partial charge in [-0.05, 0) is 25.7 Å². The number of thiazole rings is 1. The molecule has 1 aromatic heterocycles. The lowest BCUT2D eigenvalue weighted by Gasteiger charge is -2.28. The van der Waals surface area contributed by atoms with Crippen molar-refractivity contribution in [2.45, 2.75) is 52.2 Å². The Hall–Kier alpha value is -0.610. The molecule has 96 valence electrons. The van der Waals surface area contributed by atoms with E-state index in [1.54, 1.807) is 11.3 Å². The third-order valence-electron chi connectivity index (χ3n) is 3.35. The van der Waals surface area contributed by atoms with Gasteiger partial charge in [-0.25, -0.2) is 4.98 Å². The van der Waals surface area contributed by atoms with Crippen molar-refractivity contribution in [1.82, 2.24) is 4.98 Å². The molecule has 2 atom stereocenters. The first kappa shape index (κ1) is 12.8. The molecular formula is C13H22N2OS. The van der Waals surface area contributed by atoms with Gasteiger partial charge in [0.05, 0.1) is 17.6 Å². The predicted molar refractivity (Wildman–Crippen MR) is 72.5 cm³/mol. The van der Waals surface area contributed by atoms with Gasteiger partial charge < -0.3 is 10.1 Å². The van der Waals surface area contributed by atoms with Crippen molar-refractivity contribution in [1.29, 1.82) is 0 Å². The molecule has 1 saturated carbocycles. The molecule has 0 aromatic carbocycles. The zero-order chi connectivity index (χ0) is 12.1. The van der Waals surface area contributed by atoms with Crippen LogP contribution in [0, 0.1) is 5.92 Å². The zero-order valence-corrected chi connectivity index (χ0v) is 11.6. The molecule has 4 heteroatoms. The van der Waals surface area contributed by atoms with Crippen LogP contribution < -0.4 is 5.32 Å². The first-order valence-electron chi connectivity index (χ1n) is 6.59. The Morgan fingerprint density at radius 2 is 2.29 bits per heavy atom. The van der Waals surface area contributed by atoms with Crippen molar-refractivity contribution in [3.63, 3.8) is 0 Å². The molecule has 0 bridgehead atoms. The molecule has 0 amide bonds. The number of anilines is 1. The highest BCUT2D eigenvalue weighted by molar-refractivity contribution is 7.15. The van der Waals surface area contributed by atoms with Crippen LogP contribution in [-0.4, -0.2) is 17.6 Å². The van der Waals surface area contributed by atoms with E-state index in [9.17, 15) is 0 Å². The topological polar surface area (TPSA) is 34.2 Å². The Morgan fingerprint density at radius 1 is 1.47 bits per heavy atom. The highest BCUT2D eigenvalue weighted by atomic mass is 32.1. The van der Waals surface area contributed by atoms with Crippen molar-refractivity contribution < 1.29 is 4.74 Å². The largest absolute Gasteiger partial charge is 0.372 e. The van der Waals surface area contributed by atoms with Crippen molar-refractivity contribution in [2.24, 2.45) is 5.92 Å². The number of hydrogen-bond donors (Lipinski definition) is 1. The van der Waals surface area contributed by atoms with Crippen LogP contribution >= 0.6 is 11.3 Å². The summed E-state index contributed by atoms with van der Waals surface area (Å²) in [6, 6.07) is 0. The maximum atomic E-state index is 6.02. The minimum absolute atomic E-state index is 0.452. The predicted octanol–water partition coefficient (Wildman–Crippen LogP) is 3.67. The van der Waals surface area contributed by atoms with Crippen LogP contribution in [-0.2, 0) is 11.3 Å². The van der Waals surface area contributed by atoms with E-state index in [1.165, 1.54) is 30.6 Å². The van der Waals surface area contributed by atoms with Gasteiger partial charge >= 0.3 is 0 Å². The Kier molecular flexibility index (Phi) is 4.80. The van der Waals surface area contributed by atoms with Crippen LogP contribution in [0.4, 0.5) is 5.13 Å². The molecule has 0 saturated heterocycles. The molecule has 0 aliphatic heterocycles. The molecule has 3 nitrogen and oxygen atoms in total. The fourth-order valence-electron chi connectivity index (χ4n) is 2.33. The minimum Gasteiger partial charge on any atom is -0.372 e. The first-order chi connectivity index (χ1) is 8.29. The van der Waals surface area contributed by atoms with Crippen molar-refractivity contribution >= 4 is 16.5 Å². The standard InChI is InChI=1S/C13H22N2OS/c1-3-14-13-15-8-11(17-13)9-16-12-7-5-4-6-10(12)2/h8,10,12H,3-7,9H2,1-2H3,(H,14,15). The van der Waals surface area contributed by atoms with E-state index in [2.05, 4.69) is 24.1 Å². The van der Waals surface area contributed by atoms with E-state index >= 15 is 0 Å². The van der Waals surface area contributed by atoms with E-state index in [0.29, 0.717) is 12.0 Å². The highest BCUT2D eigenvalue weighted by Gasteiger charge is 2.21. The number of ether oxygens (including phenoxy) is 1. The van der Waals surface area contributed by atoms with Crippen LogP contribution in [0.5, 0.6) is 0 Å². The molecule has 17 heavy (non-hydrogen) atoms. The fraction of sp³-hybridized carbons (Fsp3) is 0.769. The minimum atomic E-state index is 0.452. The molecule has 1 N–H and O–H groups in total. The second kappa shape index (κ2) is 6.36. The molecule has 0 spiro atoms. The summed E-state index contributed by atoms with van der Waals surface area (Å²) in [6.07, 6.45) is 7.60. The van der Waals surface area contributed by atoms with E-state index < -0.39 is 0 Å². The lowest BCUT2D eigenvalue weighted by Crippen LogP contribution is -2.25. The van der Waals surface area contributed by atoms with Crippen molar-refractivity contribution in [3.8, 4) is 0 Å². The van der Waals surface area contributed by atoms with E-state index in [4.69, 9.17) is 4.74 Å². The Balaban J connectivity index is 1.79. The van der Waals surface area contributed by atoms with Gasteiger partial charge in [-0.1, -0.05) is 31.1 Å². The second-order valence-electron chi connectivity index (χ2n) is 4.77. The van der Waals surface area contributed by atoms with Gasteiger partial charge in [-0.2, -0.15) is 0 Å². The zero-order valence-electron chi connectivity index (χ0n) is 10.7. The fourth-order valence-corrected chi connectivity index (χ4v) is 3.13. The Labute approximate surface area is 108 Å². The van der Waals surface area contributed by atoms with E-state index in [1.807, 2.05) is 6.20 Å². The first-order valence-corrected chi connectivity index (χ1v) is 7.41. The summed E-state index contributed by atoms with van der Waals surface area (Å²) >= 11 is 1.70. The van der Waals surface area contributed by atoms with Gasteiger partial charge in [-0.15, -0.1) is 0 Å².